The van der Waals surface area contributed by atoms with Crippen LogP contribution in [0.2, 0.25) is 0 Å². The summed E-state index contributed by atoms with van der Waals surface area (Å²) < 4.78 is 1.90. The molecule has 1 fully saturated rings. The highest BCUT2D eigenvalue weighted by Crippen LogP contribution is 2.22. The molecule has 1 amide bonds. The van der Waals surface area contributed by atoms with Crippen LogP contribution in [0.3, 0.4) is 0 Å². The molecule has 27 heavy (non-hydrogen) atoms. The Hall–Kier alpha value is -3.08. The number of amides is 1. The first-order chi connectivity index (χ1) is 13.1. The molecule has 3 aromatic rings. The first kappa shape index (κ1) is 17.3. The normalized spacial score (nSPS) is 14.6. The molecule has 2 heterocycles. The van der Waals surface area contributed by atoms with E-state index in [1.165, 1.54) is 5.69 Å². The minimum atomic E-state index is 0.0221. The van der Waals surface area contributed by atoms with E-state index in [4.69, 9.17) is 0 Å². The fourth-order valence-electron chi connectivity index (χ4n) is 3.76. The number of ketones is 1. The Morgan fingerprint density at radius 2 is 1.56 bits per heavy atom. The largest absolute Gasteiger partial charge is 0.368 e. The average Bonchev–Trinajstić information content (AvgIpc) is 3.08. The van der Waals surface area contributed by atoms with Gasteiger partial charge < -0.3 is 14.4 Å². The van der Waals surface area contributed by atoms with Crippen molar-refractivity contribution in [2.24, 2.45) is 0 Å². The van der Waals surface area contributed by atoms with Crippen LogP contribution >= 0.6 is 0 Å². The van der Waals surface area contributed by atoms with Gasteiger partial charge in [0.25, 0.3) is 0 Å². The number of carbonyl (C=O) groups is 2. The van der Waals surface area contributed by atoms with Crippen molar-refractivity contribution in [3.63, 3.8) is 0 Å². The van der Waals surface area contributed by atoms with Crippen molar-refractivity contribution in [2.45, 2.75) is 13.5 Å². The highest BCUT2D eigenvalue weighted by Gasteiger charge is 2.22. The zero-order valence-corrected chi connectivity index (χ0v) is 15.5. The smallest absolute Gasteiger partial charge is 0.242 e. The summed E-state index contributed by atoms with van der Waals surface area (Å²) in [6.45, 7) is 4.93. The molecular weight excluding hydrogens is 338 g/mol. The lowest BCUT2D eigenvalue weighted by Crippen LogP contribution is -2.49. The summed E-state index contributed by atoms with van der Waals surface area (Å²) in [6.07, 6.45) is 1.81. The van der Waals surface area contributed by atoms with Crippen LogP contribution in [0, 0.1) is 0 Å². The first-order valence-electron chi connectivity index (χ1n) is 9.30. The van der Waals surface area contributed by atoms with Gasteiger partial charge in [0, 0.05) is 54.5 Å². The summed E-state index contributed by atoms with van der Waals surface area (Å²) in [5.74, 6) is 0.118. The number of hydrogen-bond acceptors (Lipinski definition) is 3. The lowest BCUT2D eigenvalue weighted by atomic mass is 10.1. The molecule has 138 valence electrons. The number of hydrogen-bond donors (Lipinski definition) is 0. The Kier molecular flexibility index (Phi) is 4.67. The van der Waals surface area contributed by atoms with Crippen molar-refractivity contribution in [3.8, 4) is 0 Å². The Balaban J connectivity index is 1.46. The minimum Gasteiger partial charge on any atom is -0.368 e. The third-order valence-corrected chi connectivity index (χ3v) is 5.23. The van der Waals surface area contributed by atoms with E-state index < -0.39 is 0 Å². The summed E-state index contributed by atoms with van der Waals surface area (Å²) >= 11 is 0. The van der Waals surface area contributed by atoms with Crippen LogP contribution in [0.5, 0.6) is 0 Å². The third kappa shape index (κ3) is 3.45. The number of anilines is 1. The van der Waals surface area contributed by atoms with Gasteiger partial charge in [-0.3, -0.25) is 9.59 Å². The molecule has 0 atom stereocenters. The molecular formula is C22H23N3O2. The van der Waals surface area contributed by atoms with Crippen LogP contribution in [0.15, 0.2) is 60.8 Å². The van der Waals surface area contributed by atoms with Crippen molar-refractivity contribution in [2.75, 3.05) is 31.1 Å². The minimum absolute atomic E-state index is 0.0221. The summed E-state index contributed by atoms with van der Waals surface area (Å²) in [5, 5.41) is 0.909. The predicted octanol–water partition coefficient (Wildman–Crippen LogP) is 3.19. The molecule has 1 aromatic heterocycles. The quantitative estimate of drug-likeness (QED) is 0.671. The second-order valence-electron chi connectivity index (χ2n) is 6.95. The zero-order valence-electron chi connectivity index (χ0n) is 15.5. The van der Waals surface area contributed by atoms with Crippen molar-refractivity contribution in [3.05, 3.63) is 66.4 Å². The number of rotatable bonds is 4. The average molecular weight is 361 g/mol. The molecule has 1 aliphatic rings. The van der Waals surface area contributed by atoms with Gasteiger partial charge in [0.2, 0.25) is 5.91 Å². The van der Waals surface area contributed by atoms with Crippen molar-refractivity contribution in [1.82, 2.24) is 9.47 Å². The Labute approximate surface area is 158 Å². The fraction of sp³-hybridized carbons (Fsp3) is 0.273. The molecule has 1 saturated heterocycles. The van der Waals surface area contributed by atoms with Gasteiger partial charge in [-0.1, -0.05) is 36.4 Å². The fourth-order valence-corrected chi connectivity index (χ4v) is 3.76. The van der Waals surface area contributed by atoms with E-state index in [0.717, 1.165) is 24.0 Å². The van der Waals surface area contributed by atoms with Gasteiger partial charge in [0.15, 0.2) is 5.78 Å². The number of benzene rings is 2. The molecule has 2 aromatic carbocycles. The Bertz CT molecular complexity index is 970. The topological polar surface area (TPSA) is 45.6 Å². The number of fused-ring (bicyclic) bond motifs is 1. The van der Waals surface area contributed by atoms with E-state index in [1.54, 1.807) is 6.92 Å². The second kappa shape index (κ2) is 7.27. The van der Waals surface area contributed by atoms with Gasteiger partial charge >= 0.3 is 0 Å². The second-order valence-corrected chi connectivity index (χ2v) is 6.95. The maximum absolute atomic E-state index is 12.8. The van der Waals surface area contributed by atoms with Crippen LogP contribution in [0.1, 0.15) is 17.3 Å². The Morgan fingerprint density at radius 3 is 2.26 bits per heavy atom. The van der Waals surface area contributed by atoms with E-state index in [2.05, 4.69) is 17.0 Å². The molecule has 5 nitrogen and oxygen atoms in total. The molecule has 4 rings (SSSR count). The first-order valence-corrected chi connectivity index (χ1v) is 9.30. The van der Waals surface area contributed by atoms with E-state index >= 15 is 0 Å². The molecule has 0 radical (unpaired) electrons. The molecule has 0 N–H and O–H groups in total. The zero-order chi connectivity index (χ0) is 18.8. The summed E-state index contributed by atoms with van der Waals surface area (Å²) in [7, 11) is 0. The number of nitrogens with zero attached hydrogens (tertiary/aromatic N) is 3. The number of carbonyl (C=O) groups excluding carboxylic acids is 2. The van der Waals surface area contributed by atoms with Gasteiger partial charge in [-0.2, -0.15) is 0 Å². The number of para-hydroxylation sites is 2. The summed E-state index contributed by atoms with van der Waals surface area (Å²) in [5.41, 5.74) is 2.80. The van der Waals surface area contributed by atoms with Crippen molar-refractivity contribution in [1.29, 1.82) is 0 Å². The monoisotopic (exact) mass is 361 g/mol. The molecule has 1 aliphatic heterocycles. The third-order valence-electron chi connectivity index (χ3n) is 5.23. The highest BCUT2D eigenvalue weighted by molar-refractivity contribution is 6.07. The number of aromatic nitrogens is 1. The summed E-state index contributed by atoms with van der Waals surface area (Å²) in [4.78, 5) is 29.0. The van der Waals surface area contributed by atoms with Crippen LogP contribution in [-0.2, 0) is 11.3 Å². The summed E-state index contributed by atoms with van der Waals surface area (Å²) in [6, 6.07) is 18.1. The van der Waals surface area contributed by atoms with Crippen LogP contribution < -0.4 is 4.90 Å². The highest BCUT2D eigenvalue weighted by atomic mass is 16.2. The predicted molar refractivity (Wildman–Crippen MR) is 107 cm³/mol. The molecule has 0 spiro atoms. The maximum atomic E-state index is 12.8. The SMILES string of the molecule is CC(=O)c1cn(CC(=O)N2CCN(c3ccccc3)CC2)c2ccccc12. The van der Waals surface area contributed by atoms with Gasteiger partial charge in [-0.25, -0.2) is 0 Å². The lowest BCUT2D eigenvalue weighted by molar-refractivity contribution is -0.132. The van der Waals surface area contributed by atoms with E-state index in [9.17, 15) is 9.59 Å². The van der Waals surface area contributed by atoms with Crippen LogP contribution in [-0.4, -0.2) is 47.3 Å². The molecule has 0 saturated carbocycles. The molecule has 5 heteroatoms. The van der Waals surface area contributed by atoms with Gasteiger partial charge in [-0.15, -0.1) is 0 Å². The van der Waals surface area contributed by atoms with Gasteiger partial charge in [0.05, 0.1) is 0 Å². The Morgan fingerprint density at radius 1 is 0.889 bits per heavy atom. The number of Topliss-reactive ketones (excluding diaryl/α,β-unsaturated/α-hetero) is 1. The van der Waals surface area contributed by atoms with E-state index in [-0.39, 0.29) is 18.2 Å². The van der Waals surface area contributed by atoms with Crippen molar-refractivity contribution >= 4 is 28.3 Å². The maximum Gasteiger partial charge on any atom is 0.242 e. The molecule has 0 unspecified atom stereocenters. The van der Waals surface area contributed by atoms with Crippen LogP contribution in [0.25, 0.3) is 10.9 Å². The van der Waals surface area contributed by atoms with Crippen molar-refractivity contribution < 1.29 is 9.59 Å². The lowest BCUT2D eigenvalue weighted by Gasteiger charge is -2.36. The molecule has 0 aliphatic carbocycles. The standard InChI is InChI=1S/C22H23N3O2/c1-17(26)20-15-25(21-10-6-5-9-19(20)21)16-22(27)24-13-11-23(12-14-24)18-7-3-2-4-8-18/h2-10,15H,11-14,16H2,1H3. The van der Waals surface area contributed by atoms with Gasteiger partial charge in [0.1, 0.15) is 6.54 Å². The van der Waals surface area contributed by atoms with E-state index in [1.807, 2.05) is 58.1 Å². The number of piperazine rings is 1. The van der Waals surface area contributed by atoms with Crippen LogP contribution in [0.4, 0.5) is 5.69 Å². The molecule has 0 bridgehead atoms. The van der Waals surface area contributed by atoms with E-state index in [0.29, 0.717) is 18.7 Å². The van der Waals surface area contributed by atoms with Gasteiger partial charge in [-0.05, 0) is 25.1 Å².